The molecule has 0 bridgehead atoms. The lowest BCUT2D eigenvalue weighted by Crippen LogP contribution is -2.17. The van der Waals surface area contributed by atoms with E-state index in [9.17, 15) is 0 Å². The van der Waals surface area contributed by atoms with Crippen molar-refractivity contribution >= 4 is 32.3 Å². The van der Waals surface area contributed by atoms with Gasteiger partial charge in [-0.2, -0.15) is 0 Å². The van der Waals surface area contributed by atoms with Crippen LogP contribution in [0, 0.1) is 0 Å². The Morgan fingerprint density at radius 3 is 2.17 bits per heavy atom. The van der Waals surface area contributed by atoms with E-state index in [0.29, 0.717) is 0 Å². The summed E-state index contributed by atoms with van der Waals surface area (Å²) in [6.07, 6.45) is 0. The largest absolute Gasteiger partial charge is 0.334 e. The molecule has 38 valence electrons. The van der Waals surface area contributed by atoms with E-state index < -0.39 is 0 Å². The molecule has 0 saturated heterocycles. The Hall–Kier alpha value is 0.907. The molecule has 0 aromatic carbocycles. The van der Waals surface area contributed by atoms with Gasteiger partial charge in [0, 0.05) is 4.05 Å². The van der Waals surface area contributed by atoms with Gasteiger partial charge in [0.25, 0.3) is 0 Å². The molecule has 0 fully saturated rings. The second kappa shape index (κ2) is 4.08. The zero-order chi connectivity index (χ0) is 4.99. The smallest absolute Gasteiger partial charge is 0.104 e. The average Bonchev–Trinajstić information content (AvgIpc) is 1.35. The van der Waals surface area contributed by atoms with Gasteiger partial charge in [-0.15, -0.1) is 0 Å². The van der Waals surface area contributed by atoms with Gasteiger partial charge < -0.3 is 4.57 Å². The van der Waals surface area contributed by atoms with Gasteiger partial charge in [-0.05, 0) is 14.1 Å². The van der Waals surface area contributed by atoms with Crippen LogP contribution in [0.4, 0.5) is 0 Å². The highest BCUT2D eigenvalue weighted by molar-refractivity contribution is 14.1. The summed E-state index contributed by atoms with van der Waals surface area (Å²) in [6.45, 7) is 0. The van der Waals surface area contributed by atoms with E-state index >= 15 is 0 Å². The number of halogens is 1. The topological polar surface area (TPSA) is 3.24 Å². The maximum atomic E-state index is 2.42. The predicted octanol–water partition coefficient (Wildman–Crippen LogP) is 0.0243. The molecule has 6 heavy (non-hydrogen) atoms. The summed E-state index contributed by atoms with van der Waals surface area (Å²) in [5.41, 5.74) is 0. The molecule has 0 atom stereocenters. The highest BCUT2D eigenvalue weighted by atomic mass is 127. The van der Waals surface area contributed by atoms with Crippen LogP contribution in [-0.2, 0) is 0 Å². The second-order valence-electron chi connectivity index (χ2n) is 1.49. The van der Waals surface area contributed by atoms with Gasteiger partial charge in [-0.3, -0.25) is 0 Å². The summed E-state index contributed by atoms with van der Waals surface area (Å²) in [5, 5.41) is 0. The van der Waals surface area contributed by atoms with E-state index in [1.165, 1.54) is 4.05 Å². The van der Waals surface area contributed by atoms with Gasteiger partial charge in [-0.1, -0.05) is 22.6 Å². The van der Waals surface area contributed by atoms with Crippen LogP contribution in [0.2, 0.25) is 0 Å². The molecule has 0 spiro atoms. The van der Waals surface area contributed by atoms with Crippen molar-refractivity contribution in [2.24, 2.45) is 0 Å². The fourth-order valence-corrected chi connectivity index (χ4v) is 3.40. The highest BCUT2D eigenvalue weighted by Gasteiger charge is 1.82. The van der Waals surface area contributed by atoms with Crippen LogP contribution in [-0.4, -0.2) is 32.4 Å². The van der Waals surface area contributed by atoms with Gasteiger partial charge in [0.15, 0.2) is 0 Å². The molecular weight excluding hydrogens is 205 g/mol. The van der Waals surface area contributed by atoms with Gasteiger partial charge in [0.2, 0.25) is 0 Å². The van der Waals surface area contributed by atoms with Crippen LogP contribution in [0.15, 0.2) is 0 Å². The lowest BCUT2D eigenvalue weighted by Gasteiger charge is -2.02. The number of rotatable bonds is 2. The van der Waals surface area contributed by atoms with Crippen LogP contribution >= 0.6 is 22.6 Å². The number of hydrogen-bond acceptors (Lipinski definition) is 1. The van der Waals surface area contributed by atoms with Crippen molar-refractivity contribution in [3.63, 3.8) is 0 Å². The fourth-order valence-electron chi connectivity index (χ4n) is 0.169. The van der Waals surface area contributed by atoms with Crippen molar-refractivity contribution < 1.29 is 0 Å². The zero-order valence-corrected chi connectivity index (χ0v) is 7.81. The molecule has 0 unspecified atom stereocenters. The number of hydrogen-bond donors (Lipinski definition) is 0. The Labute approximate surface area is 55.1 Å². The predicted molar refractivity (Wildman–Crippen MR) is 41.1 cm³/mol. The normalized spacial score (nSPS) is 12.0. The van der Waals surface area contributed by atoms with Crippen molar-refractivity contribution in [2.45, 2.75) is 0 Å². The first kappa shape index (κ1) is 6.91. The van der Waals surface area contributed by atoms with E-state index in [-0.39, 0.29) is 9.68 Å². The summed E-state index contributed by atoms with van der Waals surface area (Å²) in [5.74, 6) is 0. The van der Waals surface area contributed by atoms with Crippen LogP contribution in [0.25, 0.3) is 0 Å². The number of alkyl halides is 1. The molecule has 0 saturated carbocycles. The average molecular weight is 215 g/mol. The van der Waals surface area contributed by atoms with Crippen molar-refractivity contribution in [1.29, 1.82) is 0 Å². The quantitative estimate of drug-likeness (QED) is 0.356. The first-order chi connectivity index (χ1) is 2.77. The monoisotopic (exact) mass is 215 g/mol. The summed E-state index contributed by atoms with van der Waals surface area (Å²) < 4.78 is 3.68. The molecular formula is C3H10INSi. The Morgan fingerprint density at radius 1 is 1.67 bits per heavy atom. The Kier molecular flexibility index (Phi) is 4.69. The molecule has 0 aromatic heterocycles. The van der Waals surface area contributed by atoms with Crippen molar-refractivity contribution in [3.05, 3.63) is 0 Å². The Morgan fingerprint density at radius 2 is 2.17 bits per heavy atom. The number of nitrogens with zero attached hydrogens (tertiary/aromatic N) is 1. The fraction of sp³-hybridized carbons (Fsp3) is 1.00. The summed E-state index contributed by atoms with van der Waals surface area (Å²) >= 11 is 2.42. The van der Waals surface area contributed by atoms with E-state index in [4.69, 9.17) is 0 Å². The minimum Gasteiger partial charge on any atom is -0.334 e. The van der Waals surface area contributed by atoms with Crippen molar-refractivity contribution in [3.8, 4) is 0 Å². The molecule has 0 rings (SSSR count). The van der Waals surface area contributed by atoms with Gasteiger partial charge in [0.05, 0.1) is 0 Å². The van der Waals surface area contributed by atoms with Crippen LogP contribution in [0.3, 0.4) is 0 Å². The van der Waals surface area contributed by atoms with Crippen molar-refractivity contribution in [1.82, 2.24) is 4.57 Å². The second-order valence-corrected chi connectivity index (χ2v) is 6.82. The Bertz CT molecular complexity index is 32.0. The minimum absolute atomic E-state index is 0.176. The lowest BCUT2D eigenvalue weighted by molar-refractivity contribution is 0.665. The third-order valence-corrected chi connectivity index (χ3v) is 3.04. The molecule has 0 aliphatic heterocycles. The summed E-state index contributed by atoms with van der Waals surface area (Å²) in [4.78, 5) is 0. The van der Waals surface area contributed by atoms with Crippen LogP contribution < -0.4 is 0 Å². The maximum absolute atomic E-state index is 2.42. The molecule has 0 heterocycles. The molecule has 1 nitrogen and oxygen atoms in total. The highest BCUT2D eigenvalue weighted by Crippen LogP contribution is 1.77. The van der Waals surface area contributed by atoms with Crippen molar-refractivity contribution in [2.75, 3.05) is 18.1 Å². The molecule has 0 radical (unpaired) electrons. The first-order valence-electron chi connectivity index (χ1n) is 1.98. The van der Waals surface area contributed by atoms with Crippen LogP contribution in [0.5, 0.6) is 0 Å². The molecule has 0 aliphatic carbocycles. The standard InChI is InChI=1S/C3H10INSi/c1-5(2)6-3-4/h3,6H2,1-2H3. The summed E-state index contributed by atoms with van der Waals surface area (Å²) in [6, 6.07) is 0. The summed E-state index contributed by atoms with van der Waals surface area (Å²) in [7, 11) is 4.46. The van der Waals surface area contributed by atoms with Gasteiger partial charge >= 0.3 is 0 Å². The third kappa shape index (κ3) is 4.91. The minimum atomic E-state index is 0.176. The van der Waals surface area contributed by atoms with Gasteiger partial charge in [-0.25, -0.2) is 0 Å². The van der Waals surface area contributed by atoms with E-state index in [0.717, 1.165) is 0 Å². The molecule has 0 amide bonds. The molecule has 0 aromatic rings. The van der Waals surface area contributed by atoms with Crippen LogP contribution in [0.1, 0.15) is 0 Å². The zero-order valence-electron chi connectivity index (χ0n) is 4.24. The molecule has 0 N–H and O–H groups in total. The van der Waals surface area contributed by atoms with Gasteiger partial charge in [0.1, 0.15) is 9.68 Å². The first-order valence-corrected chi connectivity index (χ1v) is 5.14. The third-order valence-electron chi connectivity index (χ3n) is 0.532. The maximum Gasteiger partial charge on any atom is 0.104 e. The van der Waals surface area contributed by atoms with E-state index in [1.807, 2.05) is 0 Å². The Balaban J connectivity index is 2.63. The molecule has 3 heteroatoms. The van der Waals surface area contributed by atoms with E-state index in [2.05, 4.69) is 41.3 Å². The lowest BCUT2D eigenvalue weighted by atomic mass is 11.3. The molecule has 0 aliphatic rings. The van der Waals surface area contributed by atoms with E-state index in [1.54, 1.807) is 0 Å². The SMILES string of the molecule is CN(C)[SiH2]CI.